The third-order valence-corrected chi connectivity index (χ3v) is 0.781. The first-order valence-corrected chi connectivity index (χ1v) is 2.56. The molecule has 0 N–H and O–H groups in total. The number of hydrogen-bond acceptors (Lipinski definition) is 0. The molecule has 0 saturated heterocycles. The molecule has 0 aromatic rings. The summed E-state index contributed by atoms with van der Waals surface area (Å²) < 4.78 is 0. The topological polar surface area (TPSA) is 0 Å². The fourth-order valence-electron chi connectivity index (χ4n) is 0.408. The molecule has 0 aromatic heterocycles. The van der Waals surface area contributed by atoms with Crippen LogP contribution < -0.4 is 0 Å². The van der Waals surface area contributed by atoms with Crippen LogP contribution in [0.25, 0.3) is 0 Å². The van der Waals surface area contributed by atoms with Crippen LogP contribution in [0.5, 0.6) is 0 Å². The van der Waals surface area contributed by atoms with Gasteiger partial charge in [0.05, 0.1) is 0 Å². The molecule has 0 bridgehead atoms. The minimum atomic E-state index is 0. The Morgan fingerprint density at radius 3 is 1.86 bits per heavy atom. The maximum Gasteiger partial charge on any atom is 0 e. The Kier molecular flexibility index (Phi) is 10.6. The van der Waals surface area contributed by atoms with Gasteiger partial charge >= 0.3 is 0 Å². The van der Waals surface area contributed by atoms with Crippen molar-refractivity contribution in [3.8, 4) is 0 Å². The average molecular weight is 264 g/mol. The van der Waals surface area contributed by atoms with Crippen molar-refractivity contribution in [3.63, 3.8) is 0 Å². The molecule has 1 heteroatoms. The van der Waals surface area contributed by atoms with Gasteiger partial charge in [0.15, 0.2) is 0 Å². The summed E-state index contributed by atoms with van der Waals surface area (Å²) in [5, 5.41) is 0. The van der Waals surface area contributed by atoms with Crippen LogP contribution in [0, 0.1) is 12.8 Å². The molecule has 0 heterocycles. The van der Waals surface area contributed by atoms with E-state index >= 15 is 0 Å². The molecule has 0 nitrogen and oxygen atoms in total. The van der Waals surface area contributed by atoms with Gasteiger partial charge in [0.1, 0.15) is 0 Å². The van der Waals surface area contributed by atoms with Gasteiger partial charge in [-0.15, -0.1) is 0 Å². The molecule has 0 unspecified atom stereocenters. The van der Waals surface area contributed by atoms with Crippen molar-refractivity contribution in [1.82, 2.24) is 0 Å². The van der Waals surface area contributed by atoms with E-state index in [-0.39, 0.29) is 25.8 Å². The summed E-state index contributed by atoms with van der Waals surface area (Å²) in [6.45, 7) is 8.15. The number of rotatable bonds is 2. The fraction of sp³-hybridized carbons (Fsp3) is 0.833. The molecule has 0 saturated carbocycles. The first-order valence-electron chi connectivity index (χ1n) is 2.56. The van der Waals surface area contributed by atoms with Crippen molar-refractivity contribution >= 4 is 0 Å². The zero-order valence-electron chi connectivity index (χ0n) is 5.20. The summed E-state index contributed by atoms with van der Waals surface area (Å²) in [5.41, 5.74) is 0. The van der Waals surface area contributed by atoms with E-state index in [4.69, 9.17) is 0 Å². The Morgan fingerprint density at radius 2 is 1.86 bits per heavy atom. The van der Waals surface area contributed by atoms with Crippen LogP contribution in [-0.2, 0) is 25.8 Å². The molecular formula is C6H13Hf-. The van der Waals surface area contributed by atoms with E-state index in [1.165, 1.54) is 6.42 Å². The Morgan fingerprint density at radius 1 is 1.43 bits per heavy atom. The first-order chi connectivity index (χ1) is 2.77. The maximum atomic E-state index is 3.73. The Labute approximate surface area is 65.5 Å². The molecule has 0 rings (SSSR count). The minimum absolute atomic E-state index is 0. The molecule has 0 aromatic carbocycles. The molecular weight excluding hydrogens is 251 g/mol. The SMILES string of the molecule is [CH2-]CCC(C)C.[Hf]. The predicted molar refractivity (Wildman–Crippen MR) is 29.4 cm³/mol. The van der Waals surface area contributed by atoms with Gasteiger partial charge in [0.25, 0.3) is 0 Å². The predicted octanol–water partition coefficient (Wildman–Crippen LogP) is 2.25. The smallest absolute Gasteiger partial charge is 0 e. The molecule has 0 aliphatic heterocycles. The molecule has 0 radical (unpaired) electrons. The normalized spacial score (nSPS) is 8.57. The van der Waals surface area contributed by atoms with Gasteiger partial charge in [-0.05, 0) is 5.92 Å². The average Bonchev–Trinajstić information content (AvgIpc) is 1.35. The molecule has 0 aliphatic rings. The van der Waals surface area contributed by atoms with Crippen LogP contribution in [-0.4, -0.2) is 0 Å². The van der Waals surface area contributed by atoms with Crippen LogP contribution in [0.15, 0.2) is 0 Å². The molecule has 42 valence electrons. The van der Waals surface area contributed by atoms with Gasteiger partial charge in [-0.1, -0.05) is 20.3 Å². The van der Waals surface area contributed by atoms with Crippen LogP contribution in [0.3, 0.4) is 0 Å². The third kappa shape index (κ3) is 10.9. The van der Waals surface area contributed by atoms with Gasteiger partial charge in [-0.25, -0.2) is 0 Å². The van der Waals surface area contributed by atoms with Gasteiger partial charge < -0.3 is 6.92 Å². The summed E-state index contributed by atoms with van der Waals surface area (Å²) in [6.07, 6.45) is 2.34. The van der Waals surface area contributed by atoms with Crippen LogP contribution in [0.2, 0.25) is 0 Å². The van der Waals surface area contributed by atoms with E-state index in [9.17, 15) is 0 Å². The monoisotopic (exact) mass is 265 g/mol. The molecule has 0 spiro atoms. The van der Waals surface area contributed by atoms with Crippen LogP contribution in [0.1, 0.15) is 26.7 Å². The quantitative estimate of drug-likeness (QED) is 0.530. The third-order valence-electron chi connectivity index (χ3n) is 0.781. The van der Waals surface area contributed by atoms with E-state index in [1.54, 1.807) is 0 Å². The van der Waals surface area contributed by atoms with Crippen LogP contribution in [0.4, 0.5) is 0 Å². The van der Waals surface area contributed by atoms with Gasteiger partial charge in [0.2, 0.25) is 0 Å². The number of hydrogen-bond donors (Lipinski definition) is 0. The van der Waals surface area contributed by atoms with E-state index in [0.29, 0.717) is 0 Å². The molecule has 0 atom stereocenters. The van der Waals surface area contributed by atoms with Crippen molar-refractivity contribution in [2.75, 3.05) is 0 Å². The fourth-order valence-corrected chi connectivity index (χ4v) is 0.408. The summed E-state index contributed by atoms with van der Waals surface area (Å²) in [5.74, 6) is 0.836. The Bertz CT molecular complexity index is 25.4. The van der Waals surface area contributed by atoms with Gasteiger partial charge in [0, 0.05) is 25.8 Å². The summed E-state index contributed by atoms with van der Waals surface area (Å²) in [6, 6.07) is 0. The summed E-state index contributed by atoms with van der Waals surface area (Å²) in [7, 11) is 0. The van der Waals surface area contributed by atoms with E-state index < -0.39 is 0 Å². The second-order valence-corrected chi connectivity index (χ2v) is 2.04. The second kappa shape index (κ2) is 6.87. The van der Waals surface area contributed by atoms with E-state index in [1.807, 2.05) is 0 Å². The zero-order valence-corrected chi connectivity index (χ0v) is 8.79. The first kappa shape index (κ1) is 10.8. The molecule has 7 heavy (non-hydrogen) atoms. The largest absolute Gasteiger partial charge is 0.343 e. The van der Waals surface area contributed by atoms with Gasteiger partial charge in [-0.2, -0.15) is 6.42 Å². The Hall–Kier alpha value is 0.870. The molecule has 0 aliphatic carbocycles. The van der Waals surface area contributed by atoms with Crippen molar-refractivity contribution in [2.24, 2.45) is 5.92 Å². The standard InChI is InChI=1S/C6H13.Hf/c1-4-5-6(2)3;/h6H,1,4-5H2,2-3H3;/q-1;. The van der Waals surface area contributed by atoms with Crippen molar-refractivity contribution in [1.29, 1.82) is 0 Å². The zero-order chi connectivity index (χ0) is 4.99. The molecule has 0 fully saturated rings. The van der Waals surface area contributed by atoms with Gasteiger partial charge in [-0.3, -0.25) is 0 Å². The summed E-state index contributed by atoms with van der Waals surface area (Å²) in [4.78, 5) is 0. The van der Waals surface area contributed by atoms with Crippen LogP contribution >= 0.6 is 0 Å². The minimum Gasteiger partial charge on any atom is -0.343 e. The van der Waals surface area contributed by atoms with E-state index in [2.05, 4.69) is 20.8 Å². The maximum absolute atomic E-state index is 3.73. The van der Waals surface area contributed by atoms with E-state index in [0.717, 1.165) is 12.3 Å². The van der Waals surface area contributed by atoms with Crippen molar-refractivity contribution in [2.45, 2.75) is 26.7 Å². The summed E-state index contributed by atoms with van der Waals surface area (Å²) >= 11 is 0. The second-order valence-electron chi connectivity index (χ2n) is 2.04. The Balaban J connectivity index is 0. The van der Waals surface area contributed by atoms with Crippen molar-refractivity contribution in [3.05, 3.63) is 6.92 Å². The van der Waals surface area contributed by atoms with Crippen molar-refractivity contribution < 1.29 is 25.8 Å². The molecule has 0 amide bonds.